The summed E-state index contributed by atoms with van der Waals surface area (Å²) in [4.78, 5) is 0.352. The zero-order valence-electron chi connectivity index (χ0n) is 10.8. The minimum atomic E-state index is -3.29. The molecule has 17 heavy (non-hydrogen) atoms. The number of hydrogen-bond donors (Lipinski definition) is 0. The minimum Gasteiger partial charge on any atom is -0.375 e. The molecule has 0 bridgehead atoms. The van der Waals surface area contributed by atoms with E-state index in [0.717, 1.165) is 0 Å². The molecule has 0 aromatic heterocycles. The van der Waals surface area contributed by atoms with Crippen LogP contribution in [0.5, 0.6) is 0 Å². The van der Waals surface area contributed by atoms with E-state index in [4.69, 9.17) is 4.74 Å². The maximum absolute atomic E-state index is 12.2. The van der Waals surface area contributed by atoms with Crippen LogP contribution in [-0.4, -0.2) is 25.9 Å². The fourth-order valence-electron chi connectivity index (χ4n) is 1.30. The molecule has 0 aliphatic carbocycles. The second-order valence-corrected chi connectivity index (χ2v) is 7.46. The quantitative estimate of drug-likeness (QED) is 0.832. The van der Waals surface area contributed by atoms with Crippen LogP contribution in [0, 0.1) is 0 Å². The van der Waals surface area contributed by atoms with Gasteiger partial charge in [-0.15, -0.1) is 0 Å². The van der Waals surface area contributed by atoms with Gasteiger partial charge in [0.15, 0.2) is 9.84 Å². The Bertz CT molecular complexity index is 443. The third-order valence-electron chi connectivity index (χ3n) is 2.35. The molecule has 0 radical (unpaired) electrons. The lowest BCUT2D eigenvalue weighted by Crippen LogP contribution is -2.29. The largest absolute Gasteiger partial charge is 0.375 e. The van der Waals surface area contributed by atoms with E-state index in [1.165, 1.54) is 0 Å². The fraction of sp³-hybridized carbons (Fsp3) is 0.538. The molecule has 1 atom stereocenters. The summed E-state index contributed by atoms with van der Waals surface area (Å²) in [6, 6.07) is 8.48. The van der Waals surface area contributed by atoms with Gasteiger partial charge >= 0.3 is 0 Å². The molecule has 1 aromatic carbocycles. The molecule has 1 unspecified atom stereocenters. The van der Waals surface area contributed by atoms with Crippen LogP contribution in [0.4, 0.5) is 0 Å². The highest BCUT2D eigenvalue weighted by Gasteiger charge is 2.25. The fourth-order valence-corrected chi connectivity index (χ4v) is 2.55. The van der Waals surface area contributed by atoms with Crippen molar-refractivity contribution >= 4 is 9.84 Å². The smallest absolute Gasteiger partial charge is 0.183 e. The number of rotatable bonds is 4. The SMILES string of the molecule is CC(COC(C)(C)C)S(=O)(=O)c1ccccc1. The molecule has 0 saturated carbocycles. The van der Waals surface area contributed by atoms with Gasteiger partial charge in [-0.05, 0) is 39.8 Å². The average Bonchev–Trinajstić information content (AvgIpc) is 2.26. The first kappa shape index (κ1) is 14.2. The highest BCUT2D eigenvalue weighted by Crippen LogP contribution is 2.17. The number of hydrogen-bond acceptors (Lipinski definition) is 3. The van der Waals surface area contributed by atoms with Crippen molar-refractivity contribution in [2.45, 2.75) is 43.4 Å². The summed E-state index contributed by atoms with van der Waals surface area (Å²) in [6.07, 6.45) is 0. The van der Waals surface area contributed by atoms with E-state index in [9.17, 15) is 8.42 Å². The summed E-state index contributed by atoms with van der Waals surface area (Å²) < 4.78 is 29.9. The summed E-state index contributed by atoms with van der Waals surface area (Å²) >= 11 is 0. The molecule has 96 valence electrons. The van der Waals surface area contributed by atoms with Gasteiger partial charge in [0, 0.05) is 0 Å². The first-order valence-electron chi connectivity index (χ1n) is 5.66. The van der Waals surface area contributed by atoms with Crippen molar-refractivity contribution in [2.24, 2.45) is 0 Å². The van der Waals surface area contributed by atoms with Crippen molar-refractivity contribution < 1.29 is 13.2 Å². The molecular formula is C13H20O3S. The van der Waals surface area contributed by atoms with Crippen molar-refractivity contribution in [3.05, 3.63) is 30.3 Å². The van der Waals surface area contributed by atoms with Crippen LogP contribution in [0.1, 0.15) is 27.7 Å². The van der Waals surface area contributed by atoms with Gasteiger partial charge in [0.05, 0.1) is 22.4 Å². The molecule has 1 aromatic rings. The Hall–Kier alpha value is -0.870. The average molecular weight is 256 g/mol. The topological polar surface area (TPSA) is 43.4 Å². The van der Waals surface area contributed by atoms with Gasteiger partial charge in [-0.2, -0.15) is 0 Å². The molecule has 4 heteroatoms. The van der Waals surface area contributed by atoms with Crippen molar-refractivity contribution in [1.82, 2.24) is 0 Å². The predicted molar refractivity (Wildman–Crippen MR) is 68.8 cm³/mol. The first-order valence-corrected chi connectivity index (χ1v) is 7.21. The zero-order chi connectivity index (χ0) is 13.1. The Morgan fingerprint density at radius 1 is 1.18 bits per heavy atom. The lowest BCUT2D eigenvalue weighted by Gasteiger charge is -2.22. The van der Waals surface area contributed by atoms with Crippen molar-refractivity contribution in [3.63, 3.8) is 0 Å². The maximum Gasteiger partial charge on any atom is 0.183 e. The maximum atomic E-state index is 12.2. The number of benzene rings is 1. The Labute approximate surface area is 104 Å². The standard InChI is InChI=1S/C13H20O3S/c1-11(10-16-13(2,3)4)17(14,15)12-8-6-5-7-9-12/h5-9,11H,10H2,1-4H3. The lowest BCUT2D eigenvalue weighted by molar-refractivity contribution is -0.00118. The molecule has 1 rings (SSSR count). The van der Waals surface area contributed by atoms with Gasteiger partial charge in [0.25, 0.3) is 0 Å². The molecule has 0 aliphatic heterocycles. The minimum absolute atomic E-state index is 0.209. The molecule has 0 N–H and O–H groups in total. The summed E-state index contributed by atoms with van der Waals surface area (Å²) in [5, 5.41) is -0.538. The third-order valence-corrected chi connectivity index (χ3v) is 4.48. The zero-order valence-corrected chi connectivity index (χ0v) is 11.6. The highest BCUT2D eigenvalue weighted by molar-refractivity contribution is 7.92. The van der Waals surface area contributed by atoms with Crippen LogP contribution in [0.2, 0.25) is 0 Å². The first-order chi connectivity index (χ1) is 7.73. The summed E-state index contributed by atoms with van der Waals surface area (Å²) in [6.45, 7) is 7.62. The lowest BCUT2D eigenvalue weighted by atomic mass is 10.2. The summed E-state index contributed by atoms with van der Waals surface area (Å²) in [5.41, 5.74) is -0.319. The Morgan fingerprint density at radius 3 is 2.18 bits per heavy atom. The van der Waals surface area contributed by atoms with Crippen molar-refractivity contribution in [1.29, 1.82) is 0 Å². The van der Waals surface area contributed by atoms with E-state index in [-0.39, 0.29) is 12.2 Å². The second-order valence-electron chi connectivity index (χ2n) is 5.09. The molecule has 0 heterocycles. The van der Waals surface area contributed by atoms with Gasteiger partial charge in [-0.3, -0.25) is 0 Å². The van der Waals surface area contributed by atoms with E-state index >= 15 is 0 Å². The predicted octanol–water partition coefficient (Wildman–Crippen LogP) is 2.66. The van der Waals surface area contributed by atoms with Crippen LogP contribution < -0.4 is 0 Å². The molecule has 3 nitrogen and oxygen atoms in total. The molecule has 0 aliphatic rings. The molecule has 0 amide bonds. The molecular weight excluding hydrogens is 236 g/mol. The Morgan fingerprint density at radius 2 is 1.71 bits per heavy atom. The van der Waals surface area contributed by atoms with Crippen LogP contribution in [0.15, 0.2) is 35.2 Å². The van der Waals surface area contributed by atoms with Crippen LogP contribution in [-0.2, 0) is 14.6 Å². The molecule has 0 saturated heterocycles. The normalized spacial score (nSPS) is 14.6. The molecule has 0 fully saturated rings. The highest BCUT2D eigenvalue weighted by atomic mass is 32.2. The van der Waals surface area contributed by atoms with Crippen molar-refractivity contribution in [3.8, 4) is 0 Å². The van der Waals surface area contributed by atoms with E-state index < -0.39 is 15.1 Å². The number of sulfone groups is 1. The number of ether oxygens (including phenoxy) is 1. The van der Waals surface area contributed by atoms with Gasteiger partial charge in [-0.1, -0.05) is 18.2 Å². The third kappa shape index (κ3) is 4.13. The van der Waals surface area contributed by atoms with Gasteiger partial charge < -0.3 is 4.74 Å². The van der Waals surface area contributed by atoms with Gasteiger partial charge in [-0.25, -0.2) is 8.42 Å². The van der Waals surface area contributed by atoms with E-state index in [1.54, 1.807) is 37.3 Å². The monoisotopic (exact) mass is 256 g/mol. The summed E-state index contributed by atoms with van der Waals surface area (Å²) in [5.74, 6) is 0. The second kappa shape index (κ2) is 5.19. The van der Waals surface area contributed by atoms with Gasteiger partial charge in [0.2, 0.25) is 0 Å². The van der Waals surface area contributed by atoms with E-state index in [0.29, 0.717) is 4.90 Å². The van der Waals surface area contributed by atoms with Crippen LogP contribution in [0.3, 0.4) is 0 Å². The van der Waals surface area contributed by atoms with Crippen LogP contribution in [0.25, 0.3) is 0 Å². The Balaban J connectivity index is 2.79. The Kier molecular flexibility index (Phi) is 4.33. The molecule has 0 spiro atoms. The summed E-state index contributed by atoms with van der Waals surface area (Å²) in [7, 11) is -3.29. The van der Waals surface area contributed by atoms with E-state index in [2.05, 4.69) is 0 Å². The van der Waals surface area contributed by atoms with Gasteiger partial charge in [0.1, 0.15) is 0 Å². The van der Waals surface area contributed by atoms with E-state index in [1.807, 2.05) is 20.8 Å². The van der Waals surface area contributed by atoms with Crippen LogP contribution >= 0.6 is 0 Å². The van der Waals surface area contributed by atoms with Crippen molar-refractivity contribution in [2.75, 3.05) is 6.61 Å².